The second-order valence-corrected chi connectivity index (χ2v) is 8.29. The SMILES string of the molecule is CC1CCCCN1c1cc(N2CCCCC2)nc(NC(=S)NCc2ccco2)n1. The standard InChI is InChI=1S/C21H30N6OS/c1-16-8-3-6-12-27(16)19-14-18(26-10-4-2-5-11-26)23-20(24-19)25-21(29)22-15-17-9-7-13-28-17/h7,9,13-14,16H,2-6,8,10-12,15H2,1H3,(H2,22,23,24,25,29). The van der Waals surface area contributed by atoms with Crippen molar-refractivity contribution in [3.05, 3.63) is 30.2 Å². The van der Waals surface area contributed by atoms with Crippen LogP contribution in [0.3, 0.4) is 0 Å². The molecule has 8 heteroatoms. The maximum Gasteiger partial charge on any atom is 0.232 e. The van der Waals surface area contributed by atoms with E-state index >= 15 is 0 Å². The topological polar surface area (TPSA) is 69.5 Å². The minimum Gasteiger partial charge on any atom is -0.467 e. The molecule has 4 rings (SSSR count). The molecule has 1 atom stereocenters. The van der Waals surface area contributed by atoms with Gasteiger partial charge in [-0.05, 0) is 69.8 Å². The predicted octanol–water partition coefficient (Wildman–Crippen LogP) is 3.93. The summed E-state index contributed by atoms with van der Waals surface area (Å²) in [5.74, 6) is 3.37. The summed E-state index contributed by atoms with van der Waals surface area (Å²) >= 11 is 5.46. The lowest BCUT2D eigenvalue weighted by Crippen LogP contribution is -2.39. The van der Waals surface area contributed by atoms with E-state index in [9.17, 15) is 0 Å². The highest BCUT2D eigenvalue weighted by Crippen LogP contribution is 2.28. The van der Waals surface area contributed by atoms with Gasteiger partial charge in [0, 0.05) is 31.7 Å². The molecule has 0 bridgehead atoms. The summed E-state index contributed by atoms with van der Waals surface area (Å²) in [7, 11) is 0. The first-order chi connectivity index (χ1) is 14.2. The first-order valence-electron chi connectivity index (χ1n) is 10.7. The Morgan fingerprint density at radius 2 is 1.93 bits per heavy atom. The van der Waals surface area contributed by atoms with Crippen LogP contribution in [0.25, 0.3) is 0 Å². The van der Waals surface area contributed by atoms with E-state index in [1.165, 1.54) is 38.5 Å². The van der Waals surface area contributed by atoms with E-state index in [1.54, 1.807) is 6.26 Å². The molecule has 2 aromatic heterocycles. The van der Waals surface area contributed by atoms with Crippen LogP contribution in [-0.4, -0.2) is 40.8 Å². The smallest absolute Gasteiger partial charge is 0.232 e. The summed E-state index contributed by atoms with van der Waals surface area (Å²) in [4.78, 5) is 14.4. The highest BCUT2D eigenvalue weighted by molar-refractivity contribution is 7.80. The van der Waals surface area contributed by atoms with Crippen LogP contribution in [0, 0.1) is 0 Å². The number of nitrogens with zero attached hydrogens (tertiary/aromatic N) is 4. The summed E-state index contributed by atoms with van der Waals surface area (Å²) in [6.45, 7) is 5.95. The predicted molar refractivity (Wildman–Crippen MR) is 121 cm³/mol. The third kappa shape index (κ3) is 5.18. The van der Waals surface area contributed by atoms with Crippen LogP contribution in [-0.2, 0) is 6.54 Å². The fourth-order valence-corrected chi connectivity index (χ4v) is 4.24. The van der Waals surface area contributed by atoms with Gasteiger partial charge in [0.05, 0.1) is 12.8 Å². The zero-order valence-corrected chi connectivity index (χ0v) is 17.9. The second-order valence-electron chi connectivity index (χ2n) is 7.88. The summed E-state index contributed by atoms with van der Waals surface area (Å²) in [6.07, 6.45) is 9.08. The molecule has 7 nitrogen and oxygen atoms in total. The van der Waals surface area contributed by atoms with Gasteiger partial charge >= 0.3 is 0 Å². The molecule has 29 heavy (non-hydrogen) atoms. The van der Waals surface area contributed by atoms with Crippen LogP contribution < -0.4 is 20.4 Å². The molecule has 0 radical (unpaired) electrons. The number of aromatic nitrogens is 2. The lowest BCUT2D eigenvalue weighted by molar-refractivity contribution is 0.481. The Bertz CT molecular complexity index is 806. The zero-order valence-electron chi connectivity index (χ0n) is 17.1. The van der Waals surface area contributed by atoms with Crippen LogP contribution in [0.15, 0.2) is 28.9 Å². The van der Waals surface area contributed by atoms with Crippen LogP contribution >= 0.6 is 12.2 Å². The molecular weight excluding hydrogens is 384 g/mol. The average Bonchev–Trinajstić information content (AvgIpc) is 3.27. The van der Waals surface area contributed by atoms with Crippen molar-refractivity contribution in [2.75, 3.05) is 34.8 Å². The summed E-state index contributed by atoms with van der Waals surface area (Å²) < 4.78 is 5.35. The Labute approximate surface area is 177 Å². The third-order valence-electron chi connectivity index (χ3n) is 5.71. The van der Waals surface area contributed by atoms with Crippen molar-refractivity contribution in [1.29, 1.82) is 0 Å². The molecule has 2 aliphatic heterocycles. The van der Waals surface area contributed by atoms with Crippen molar-refractivity contribution in [1.82, 2.24) is 15.3 Å². The highest BCUT2D eigenvalue weighted by atomic mass is 32.1. The molecule has 156 valence electrons. The monoisotopic (exact) mass is 414 g/mol. The van der Waals surface area contributed by atoms with Gasteiger partial charge in [-0.1, -0.05) is 0 Å². The van der Waals surface area contributed by atoms with E-state index in [0.717, 1.165) is 37.0 Å². The van der Waals surface area contributed by atoms with E-state index in [-0.39, 0.29) is 0 Å². The fraction of sp³-hybridized carbons (Fsp3) is 0.571. The number of rotatable bonds is 5. The van der Waals surface area contributed by atoms with Gasteiger partial charge in [0.2, 0.25) is 5.95 Å². The first-order valence-corrected chi connectivity index (χ1v) is 11.1. The largest absolute Gasteiger partial charge is 0.467 e. The Hall–Kier alpha value is -2.35. The molecular formula is C21H30N6OS. The molecule has 2 saturated heterocycles. The summed E-state index contributed by atoms with van der Waals surface area (Å²) in [5, 5.41) is 6.84. The number of hydrogen-bond acceptors (Lipinski definition) is 6. The molecule has 2 N–H and O–H groups in total. The van der Waals surface area contributed by atoms with Gasteiger partial charge in [-0.3, -0.25) is 0 Å². The molecule has 2 fully saturated rings. The molecule has 4 heterocycles. The first kappa shape index (κ1) is 19.9. The van der Waals surface area contributed by atoms with Gasteiger partial charge in [-0.25, -0.2) is 0 Å². The highest BCUT2D eigenvalue weighted by Gasteiger charge is 2.23. The Balaban J connectivity index is 1.52. The maximum absolute atomic E-state index is 5.46. The number of nitrogens with one attached hydrogen (secondary N) is 2. The molecule has 1 unspecified atom stereocenters. The Kier molecular flexibility index (Phi) is 6.49. The van der Waals surface area contributed by atoms with Gasteiger partial charge in [0.1, 0.15) is 17.4 Å². The van der Waals surface area contributed by atoms with E-state index in [2.05, 4.69) is 33.4 Å². The van der Waals surface area contributed by atoms with Crippen molar-refractivity contribution in [3.8, 4) is 0 Å². The number of thiocarbonyl (C=S) groups is 1. The van der Waals surface area contributed by atoms with Gasteiger partial charge < -0.3 is 24.9 Å². The van der Waals surface area contributed by atoms with Crippen molar-refractivity contribution in [2.45, 2.75) is 58.0 Å². The second kappa shape index (κ2) is 9.43. The van der Waals surface area contributed by atoms with E-state index in [1.807, 2.05) is 12.1 Å². The average molecular weight is 415 g/mol. The van der Waals surface area contributed by atoms with E-state index in [0.29, 0.717) is 23.6 Å². The molecule has 2 aromatic rings. The zero-order chi connectivity index (χ0) is 20.1. The normalized spacial score (nSPS) is 19.8. The Morgan fingerprint density at radius 3 is 2.69 bits per heavy atom. The molecule has 0 aliphatic carbocycles. The fourth-order valence-electron chi connectivity index (χ4n) is 4.07. The maximum atomic E-state index is 5.46. The van der Waals surface area contributed by atoms with Gasteiger partial charge in [0.15, 0.2) is 5.11 Å². The molecule has 0 spiro atoms. The third-order valence-corrected chi connectivity index (χ3v) is 5.95. The summed E-state index contributed by atoms with van der Waals surface area (Å²) in [5.41, 5.74) is 0. The molecule has 0 saturated carbocycles. The van der Waals surface area contributed by atoms with E-state index in [4.69, 9.17) is 26.6 Å². The quantitative estimate of drug-likeness (QED) is 0.714. The van der Waals surface area contributed by atoms with Gasteiger partial charge in [-0.15, -0.1) is 0 Å². The summed E-state index contributed by atoms with van der Waals surface area (Å²) in [6, 6.07) is 6.42. The van der Waals surface area contributed by atoms with Crippen LogP contribution in [0.5, 0.6) is 0 Å². The Morgan fingerprint density at radius 1 is 1.14 bits per heavy atom. The number of furan rings is 1. The van der Waals surface area contributed by atoms with Gasteiger partial charge in [0.25, 0.3) is 0 Å². The van der Waals surface area contributed by atoms with E-state index < -0.39 is 0 Å². The molecule has 2 aliphatic rings. The number of hydrogen-bond donors (Lipinski definition) is 2. The van der Waals surface area contributed by atoms with Crippen molar-refractivity contribution < 1.29 is 4.42 Å². The number of piperidine rings is 2. The minimum atomic E-state index is 0.490. The van der Waals surface area contributed by atoms with Crippen LogP contribution in [0.2, 0.25) is 0 Å². The minimum absolute atomic E-state index is 0.490. The lowest BCUT2D eigenvalue weighted by atomic mass is 10.0. The molecule has 0 amide bonds. The molecule has 0 aromatic carbocycles. The van der Waals surface area contributed by atoms with Crippen molar-refractivity contribution in [2.24, 2.45) is 0 Å². The van der Waals surface area contributed by atoms with Crippen molar-refractivity contribution >= 4 is 34.9 Å². The van der Waals surface area contributed by atoms with Crippen molar-refractivity contribution in [3.63, 3.8) is 0 Å². The van der Waals surface area contributed by atoms with Gasteiger partial charge in [-0.2, -0.15) is 9.97 Å². The lowest BCUT2D eigenvalue weighted by Gasteiger charge is -2.35. The van der Waals surface area contributed by atoms with Crippen LogP contribution in [0.4, 0.5) is 17.6 Å². The number of anilines is 3. The van der Waals surface area contributed by atoms with Crippen LogP contribution in [0.1, 0.15) is 51.2 Å².